The molecular formula is C15H22N2O5S. The highest BCUT2D eigenvalue weighted by atomic mass is 32.2. The predicted molar refractivity (Wildman–Crippen MR) is 84.7 cm³/mol. The molecule has 0 aliphatic carbocycles. The lowest BCUT2D eigenvalue weighted by Crippen LogP contribution is -2.49. The summed E-state index contributed by atoms with van der Waals surface area (Å²) < 4.78 is 31.5. The Morgan fingerprint density at radius 2 is 1.78 bits per heavy atom. The minimum atomic E-state index is -3.56. The van der Waals surface area contributed by atoms with Gasteiger partial charge in [-0.15, -0.1) is 0 Å². The molecule has 1 fully saturated rings. The van der Waals surface area contributed by atoms with Crippen molar-refractivity contribution in [2.45, 2.75) is 11.8 Å². The van der Waals surface area contributed by atoms with E-state index >= 15 is 0 Å². The Morgan fingerprint density at radius 3 is 2.30 bits per heavy atom. The van der Waals surface area contributed by atoms with E-state index in [1.165, 1.54) is 28.6 Å². The number of hydrogen-bond donors (Lipinski definition) is 1. The van der Waals surface area contributed by atoms with Gasteiger partial charge in [0.15, 0.2) is 0 Å². The minimum Gasteiger partial charge on any atom is -0.462 e. The Kier molecular flexibility index (Phi) is 6.11. The van der Waals surface area contributed by atoms with Crippen LogP contribution in [0.2, 0.25) is 0 Å². The fourth-order valence-electron chi connectivity index (χ4n) is 2.46. The number of sulfonamides is 1. The molecule has 1 aromatic rings. The summed E-state index contributed by atoms with van der Waals surface area (Å²) in [7, 11) is -3.56. The van der Waals surface area contributed by atoms with E-state index in [2.05, 4.69) is 0 Å². The summed E-state index contributed by atoms with van der Waals surface area (Å²) >= 11 is 0. The number of piperazine rings is 1. The predicted octanol–water partition coefficient (Wildman–Crippen LogP) is 0.162. The fraction of sp³-hybridized carbons (Fsp3) is 0.533. The SMILES string of the molecule is CCOC(=O)c1ccc(S(=O)(=O)N2CCN(CCO)CC2)cc1. The van der Waals surface area contributed by atoms with E-state index in [0.717, 1.165) is 0 Å². The first kappa shape index (κ1) is 17.9. The summed E-state index contributed by atoms with van der Waals surface area (Å²) in [6.45, 7) is 4.60. The first-order chi connectivity index (χ1) is 11.0. The van der Waals surface area contributed by atoms with E-state index in [4.69, 9.17) is 9.84 Å². The third-order valence-electron chi connectivity index (χ3n) is 3.75. The number of carbonyl (C=O) groups is 1. The Morgan fingerprint density at radius 1 is 1.17 bits per heavy atom. The molecule has 0 spiro atoms. The molecule has 1 N–H and O–H groups in total. The topological polar surface area (TPSA) is 87.2 Å². The maximum Gasteiger partial charge on any atom is 0.338 e. The average Bonchev–Trinajstić information content (AvgIpc) is 2.56. The maximum absolute atomic E-state index is 12.6. The van der Waals surface area contributed by atoms with Crippen molar-refractivity contribution in [3.63, 3.8) is 0 Å². The molecule has 2 rings (SSSR count). The van der Waals surface area contributed by atoms with Crippen LogP contribution in [0.5, 0.6) is 0 Å². The van der Waals surface area contributed by atoms with Crippen LogP contribution in [-0.4, -0.2) is 74.6 Å². The highest BCUT2D eigenvalue weighted by Crippen LogP contribution is 2.18. The molecule has 0 atom stereocenters. The van der Waals surface area contributed by atoms with Crippen molar-refractivity contribution in [1.82, 2.24) is 9.21 Å². The molecule has 7 nitrogen and oxygen atoms in total. The van der Waals surface area contributed by atoms with Crippen LogP contribution in [-0.2, 0) is 14.8 Å². The van der Waals surface area contributed by atoms with Gasteiger partial charge in [-0.25, -0.2) is 13.2 Å². The van der Waals surface area contributed by atoms with Gasteiger partial charge in [0.25, 0.3) is 0 Å². The summed E-state index contributed by atoms with van der Waals surface area (Å²) in [6.07, 6.45) is 0. The van der Waals surface area contributed by atoms with Gasteiger partial charge in [0.1, 0.15) is 0 Å². The lowest BCUT2D eigenvalue weighted by Gasteiger charge is -2.33. The Bertz CT molecular complexity index is 622. The number of aliphatic hydroxyl groups excluding tert-OH is 1. The molecule has 0 unspecified atom stereocenters. The molecule has 8 heteroatoms. The monoisotopic (exact) mass is 342 g/mol. The zero-order chi connectivity index (χ0) is 16.9. The summed E-state index contributed by atoms with van der Waals surface area (Å²) in [4.78, 5) is 13.8. The van der Waals surface area contributed by atoms with E-state index in [1.807, 2.05) is 4.90 Å². The summed E-state index contributed by atoms with van der Waals surface area (Å²) in [6, 6.07) is 5.79. The van der Waals surface area contributed by atoms with Crippen LogP contribution in [0.4, 0.5) is 0 Å². The first-order valence-electron chi connectivity index (χ1n) is 7.59. The summed E-state index contributed by atoms with van der Waals surface area (Å²) in [5.74, 6) is -0.464. The number of benzene rings is 1. The van der Waals surface area contributed by atoms with Crippen LogP contribution in [0.3, 0.4) is 0 Å². The largest absolute Gasteiger partial charge is 0.462 e. The molecule has 1 aliphatic rings. The molecule has 1 heterocycles. The molecular weight excluding hydrogens is 320 g/mol. The van der Waals surface area contributed by atoms with Gasteiger partial charge in [-0.05, 0) is 31.2 Å². The highest BCUT2D eigenvalue weighted by molar-refractivity contribution is 7.89. The maximum atomic E-state index is 12.6. The van der Waals surface area contributed by atoms with E-state index in [9.17, 15) is 13.2 Å². The second-order valence-corrected chi connectivity index (χ2v) is 7.15. The van der Waals surface area contributed by atoms with Gasteiger partial charge in [0, 0.05) is 32.7 Å². The summed E-state index contributed by atoms with van der Waals surface area (Å²) in [5, 5.41) is 8.92. The van der Waals surface area contributed by atoms with Gasteiger partial charge in [-0.3, -0.25) is 4.90 Å². The molecule has 1 saturated heterocycles. The van der Waals surface area contributed by atoms with Gasteiger partial charge in [0.05, 0.1) is 23.7 Å². The van der Waals surface area contributed by atoms with Crippen molar-refractivity contribution >= 4 is 16.0 Å². The van der Waals surface area contributed by atoms with E-state index in [1.54, 1.807) is 6.92 Å². The van der Waals surface area contributed by atoms with Crippen LogP contribution >= 0.6 is 0 Å². The van der Waals surface area contributed by atoms with Crippen molar-refractivity contribution in [3.05, 3.63) is 29.8 Å². The zero-order valence-corrected chi connectivity index (χ0v) is 14.0. The van der Waals surface area contributed by atoms with Crippen molar-refractivity contribution in [2.75, 3.05) is 45.9 Å². The Balaban J connectivity index is 2.07. The number of esters is 1. The lowest BCUT2D eigenvalue weighted by molar-refractivity contribution is 0.0526. The zero-order valence-electron chi connectivity index (χ0n) is 13.1. The molecule has 0 amide bonds. The molecule has 128 valence electrons. The van der Waals surface area contributed by atoms with Crippen LogP contribution < -0.4 is 0 Å². The number of rotatable bonds is 6. The van der Waals surface area contributed by atoms with Crippen molar-refractivity contribution in [1.29, 1.82) is 0 Å². The van der Waals surface area contributed by atoms with Crippen molar-refractivity contribution < 1.29 is 23.1 Å². The molecule has 1 aromatic carbocycles. The lowest BCUT2D eigenvalue weighted by atomic mass is 10.2. The molecule has 1 aliphatic heterocycles. The van der Waals surface area contributed by atoms with Gasteiger partial charge in [-0.2, -0.15) is 4.31 Å². The van der Waals surface area contributed by atoms with Crippen molar-refractivity contribution in [2.24, 2.45) is 0 Å². The standard InChI is InChI=1S/C15H22N2O5S/c1-2-22-15(19)13-3-5-14(6-4-13)23(20,21)17-9-7-16(8-10-17)11-12-18/h3-6,18H,2,7-12H2,1H3. The number of nitrogens with zero attached hydrogens (tertiary/aromatic N) is 2. The van der Waals surface area contributed by atoms with Gasteiger partial charge >= 0.3 is 5.97 Å². The third kappa shape index (κ3) is 4.29. The van der Waals surface area contributed by atoms with Gasteiger partial charge in [0.2, 0.25) is 10.0 Å². The molecule has 0 aromatic heterocycles. The average molecular weight is 342 g/mol. The van der Waals surface area contributed by atoms with E-state index in [0.29, 0.717) is 38.3 Å². The van der Waals surface area contributed by atoms with E-state index < -0.39 is 16.0 Å². The number of ether oxygens (including phenoxy) is 1. The number of carbonyl (C=O) groups excluding carboxylic acids is 1. The van der Waals surface area contributed by atoms with Crippen molar-refractivity contribution in [3.8, 4) is 0 Å². The first-order valence-corrected chi connectivity index (χ1v) is 9.03. The smallest absolute Gasteiger partial charge is 0.338 e. The second-order valence-electron chi connectivity index (χ2n) is 5.21. The quantitative estimate of drug-likeness (QED) is 0.741. The second kappa shape index (κ2) is 7.87. The van der Waals surface area contributed by atoms with Crippen LogP contribution in [0.15, 0.2) is 29.2 Å². The van der Waals surface area contributed by atoms with Gasteiger partial charge in [-0.1, -0.05) is 0 Å². The highest BCUT2D eigenvalue weighted by Gasteiger charge is 2.28. The molecule has 0 bridgehead atoms. The van der Waals surface area contributed by atoms with Gasteiger partial charge < -0.3 is 9.84 Å². The summed E-state index contributed by atoms with van der Waals surface area (Å²) in [5.41, 5.74) is 0.332. The van der Waals surface area contributed by atoms with Crippen LogP contribution in [0.1, 0.15) is 17.3 Å². The number of hydrogen-bond acceptors (Lipinski definition) is 6. The minimum absolute atomic E-state index is 0.0715. The van der Waals surface area contributed by atoms with Crippen LogP contribution in [0.25, 0.3) is 0 Å². The number of aliphatic hydroxyl groups is 1. The fourth-order valence-corrected chi connectivity index (χ4v) is 3.88. The third-order valence-corrected chi connectivity index (χ3v) is 5.66. The molecule has 0 radical (unpaired) electrons. The van der Waals surface area contributed by atoms with Crippen LogP contribution in [0, 0.1) is 0 Å². The number of β-amino-alcohol motifs (C(OH)–C–C–N with tert-alkyl or cyclic N) is 1. The Labute approximate surface area is 136 Å². The normalized spacial score (nSPS) is 17.1. The molecule has 23 heavy (non-hydrogen) atoms. The Hall–Kier alpha value is -1.48. The van der Waals surface area contributed by atoms with E-state index in [-0.39, 0.29) is 18.1 Å². The molecule has 0 saturated carbocycles.